The fraction of sp³-hybridized carbons (Fsp3) is 0.118. The normalized spacial score (nSPS) is 16.2. The van der Waals surface area contributed by atoms with Crippen molar-refractivity contribution in [2.45, 2.75) is 19.9 Å². The number of pyridine rings is 1. The van der Waals surface area contributed by atoms with E-state index in [1.807, 2.05) is 73.0 Å². The topological polar surface area (TPSA) is 106 Å². The Bertz CT molecular complexity index is 2130. The van der Waals surface area contributed by atoms with Crippen molar-refractivity contribution in [3.63, 3.8) is 0 Å². The van der Waals surface area contributed by atoms with E-state index in [4.69, 9.17) is 19.4 Å². The molecule has 1 amide bonds. The maximum Gasteiger partial charge on any atom is 0.301 e. The summed E-state index contributed by atoms with van der Waals surface area (Å²) in [5.41, 5.74) is 3.56. The number of nitrogens with zero attached hydrogens (tertiary/aromatic N) is 4. The number of ketones is 1. The van der Waals surface area contributed by atoms with Crippen molar-refractivity contribution in [2.75, 3.05) is 12.0 Å². The predicted octanol–water partition coefficient (Wildman–Crippen LogP) is 6.99. The van der Waals surface area contributed by atoms with E-state index in [1.165, 1.54) is 16.2 Å². The molecule has 44 heavy (non-hydrogen) atoms. The largest absolute Gasteiger partial charge is 0.505 e. The number of hydrogen-bond donors (Lipinski definition) is 1. The van der Waals surface area contributed by atoms with Gasteiger partial charge in [0.1, 0.15) is 28.6 Å². The number of benzene rings is 3. The molecule has 0 radical (unpaired) electrons. The number of aromatic nitrogens is 3. The van der Waals surface area contributed by atoms with Crippen molar-refractivity contribution in [3.8, 4) is 17.2 Å². The molecular formula is C34H26N4O5S. The molecule has 1 fully saturated rings. The van der Waals surface area contributed by atoms with E-state index >= 15 is 0 Å². The second-order valence-corrected chi connectivity index (χ2v) is 11.4. The first-order valence-electron chi connectivity index (χ1n) is 13.9. The van der Waals surface area contributed by atoms with Crippen LogP contribution >= 0.6 is 11.3 Å². The van der Waals surface area contributed by atoms with E-state index in [-0.39, 0.29) is 17.0 Å². The van der Waals surface area contributed by atoms with Crippen LogP contribution in [0, 0.1) is 13.8 Å². The monoisotopic (exact) mass is 602 g/mol. The van der Waals surface area contributed by atoms with Crippen LogP contribution in [0.25, 0.3) is 21.6 Å². The molecule has 1 aliphatic heterocycles. The lowest BCUT2D eigenvalue weighted by molar-refractivity contribution is -0.132. The number of carbonyl (C=O) groups is 2. The molecule has 9 nitrogen and oxygen atoms in total. The van der Waals surface area contributed by atoms with Gasteiger partial charge in [0.15, 0.2) is 10.9 Å². The molecule has 1 saturated heterocycles. The first kappa shape index (κ1) is 27.4. The summed E-state index contributed by atoms with van der Waals surface area (Å²) in [6, 6.07) is 24.7. The van der Waals surface area contributed by atoms with Gasteiger partial charge in [-0.1, -0.05) is 47.7 Å². The summed E-state index contributed by atoms with van der Waals surface area (Å²) >= 11 is 1.26. The minimum Gasteiger partial charge on any atom is -0.505 e. The van der Waals surface area contributed by atoms with Crippen molar-refractivity contribution in [1.29, 1.82) is 0 Å². The zero-order chi connectivity index (χ0) is 30.5. The Balaban J connectivity index is 1.43. The molecule has 218 valence electrons. The smallest absolute Gasteiger partial charge is 0.301 e. The number of aliphatic hydroxyl groups excluding tert-OH is 1. The summed E-state index contributed by atoms with van der Waals surface area (Å²) in [4.78, 5) is 38.4. The van der Waals surface area contributed by atoms with Crippen molar-refractivity contribution in [2.24, 2.45) is 0 Å². The molecule has 4 heterocycles. The van der Waals surface area contributed by atoms with Crippen molar-refractivity contribution in [1.82, 2.24) is 14.4 Å². The molecule has 3 aromatic carbocycles. The van der Waals surface area contributed by atoms with E-state index in [1.54, 1.807) is 43.5 Å². The second kappa shape index (κ2) is 10.7. The van der Waals surface area contributed by atoms with Gasteiger partial charge >= 0.3 is 5.91 Å². The van der Waals surface area contributed by atoms with E-state index in [0.717, 1.165) is 10.3 Å². The first-order chi connectivity index (χ1) is 21.3. The van der Waals surface area contributed by atoms with Gasteiger partial charge in [-0.2, -0.15) is 0 Å². The van der Waals surface area contributed by atoms with Gasteiger partial charge in [0, 0.05) is 6.20 Å². The molecule has 6 aromatic rings. The van der Waals surface area contributed by atoms with Crippen LogP contribution in [-0.2, 0) is 9.59 Å². The van der Waals surface area contributed by atoms with Crippen LogP contribution in [0.5, 0.6) is 17.2 Å². The van der Waals surface area contributed by atoms with Gasteiger partial charge in [-0.05, 0) is 73.5 Å². The van der Waals surface area contributed by atoms with Crippen LogP contribution in [0.1, 0.15) is 28.6 Å². The zero-order valence-electron chi connectivity index (χ0n) is 24.0. The third-order valence-electron chi connectivity index (χ3n) is 7.70. The number of fused-ring (bicyclic) bond motifs is 2. The summed E-state index contributed by atoms with van der Waals surface area (Å²) in [6.07, 6.45) is 1.84. The number of methoxy groups -OCH3 is 1. The lowest BCUT2D eigenvalue weighted by atomic mass is 9.96. The molecule has 1 aliphatic rings. The molecule has 7 rings (SSSR count). The second-order valence-electron chi connectivity index (χ2n) is 10.4. The minimum atomic E-state index is -0.998. The Hall–Kier alpha value is -5.48. The number of hydrogen-bond acceptors (Lipinski definition) is 8. The van der Waals surface area contributed by atoms with Gasteiger partial charge in [0.25, 0.3) is 5.78 Å². The molecule has 1 unspecified atom stereocenters. The van der Waals surface area contributed by atoms with Gasteiger partial charge in [-0.3, -0.25) is 14.5 Å². The quantitative estimate of drug-likeness (QED) is 0.124. The fourth-order valence-corrected chi connectivity index (χ4v) is 6.54. The number of para-hydroxylation sites is 1. The number of anilines is 1. The van der Waals surface area contributed by atoms with Gasteiger partial charge in [-0.15, -0.1) is 0 Å². The van der Waals surface area contributed by atoms with Crippen molar-refractivity contribution >= 4 is 49.8 Å². The lowest BCUT2D eigenvalue weighted by Crippen LogP contribution is -2.29. The highest BCUT2D eigenvalue weighted by Gasteiger charge is 2.48. The van der Waals surface area contributed by atoms with Gasteiger partial charge in [-0.25, -0.2) is 9.97 Å². The number of amides is 1. The molecule has 0 spiro atoms. The minimum absolute atomic E-state index is 0.0761. The number of ether oxygens (including phenoxy) is 2. The molecule has 1 atom stereocenters. The number of Topliss-reactive ketones (excluding diaryl/α,β-unsaturated/α-hetero) is 1. The third-order valence-corrected chi connectivity index (χ3v) is 8.71. The molecule has 0 bridgehead atoms. The van der Waals surface area contributed by atoms with Crippen LogP contribution in [0.15, 0.2) is 96.7 Å². The van der Waals surface area contributed by atoms with E-state index in [9.17, 15) is 14.7 Å². The summed E-state index contributed by atoms with van der Waals surface area (Å²) in [7, 11) is 1.58. The molecule has 10 heteroatoms. The highest BCUT2D eigenvalue weighted by Crippen LogP contribution is 2.45. The Kier molecular flexibility index (Phi) is 6.63. The van der Waals surface area contributed by atoms with Crippen molar-refractivity contribution < 1.29 is 24.2 Å². The zero-order valence-corrected chi connectivity index (χ0v) is 24.8. The number of rotatable bonds is 6. The predicted molar refractivity (Wildman–Crippen MR) is 169 cm³/mol. The van der Waals surface area contributed by atoms with Crippen LogP contribution in [0.4, 0.5) is 5.13 Å². The summed E-state index contributed by atoms with van der Waals surface area (Å²) in [5, 5.41) is 12.1. The SMILES string of the molecule is COc1ccc2nc(N3C(=O)C(=O)/C(=C(/O)c4nc5c(C)cccn5c4C)C3c3cccc(Oc4ccccc4)c3)sc2c1. The number of carbonyl (C=O) groups excluding carboxylic acids is 2. The Labute approximate surface area is 256 Å². The highest BCUT2D eigenvalue weighted by molar-refractivity contribution is 7.22. The number of imidazole rings is 1. The molecule has 1 N–H and O–H groups in total. The van der Waals surface area contributed by atoms with Crippen LogP contribution in [0.2, 0.25) is 0 Å². The molecule has 0 aliphatic carbocycles. The number of thiazole rings is 1. The van der Waals surface area contributed by atoms with E-state index in [0.29, 0.717) is 44.8 Å². The fourth-order valence-electron chi connectivity index (χ4n) is 5.51. The Morgan fingerprint density at radius 2 is 1.68 bits per heavy atom. The standard InChI is InChI=1S/C34H26N4O5S/c1-19-9-8-16-37-20(2)28(36-32(19)37)30(39)27-29(21-10-7-13-24(17-21)43-22-11-5-4-6-12-22)38(33(41)31(27)40)34-35-25-15-14-23(42-3)18-26(25)44-34/h4-18,29,39H,1-3H3/b30-27+. The molecule has 0 saturated carbocycles. The highest BCUT2D eigenvalue weighted by atomic mass is 32.1. The average molecular weight is 603 g/mol. The van der Waals surface area contributed by atoms with E-state index in [2.05, 4.69) is 0 Å². The van der Waals surface area contributed by atoms with Gasteiger partial charge in [0.2, 0.25) is 0 Å². The Morgan fingerprint density at radius 1 is 0.886 bits per heavy atom. The van der Waals surface area contributed by atoms with E-state index < -0.39 is 17.7 Å². The lowest BCUT2D eigenvalue weighted by Gasteiger charge is -2.23. The van der Waals surface area contributed by atoms with Gasteiger partial charge in [0.05, 0.1) is 34.6 Å². The maximum atomic E-state index is 13.9. The number of aryl methyl sites for hydroxylation is 2. The average Bonchev–Trinajstić information content (AvgIpc) is 3.69. The van der Waals surface area contributed by atoms with Crippen LogP contribution in [-0.4, -0.2) is 38.3 Å². The third kappa shape index (κ3) is 4.47. The van der Waals surface area contributed by atoms with Crippen LogP contribution in [0.3, 0.4) is 0 Å². The summed E-state index contributed by atoms with van der Waals surface area (Å²) < 4.78 is 14.1. The first-order valence-corrected chi connectivity index (χ1v) is 14.7. The summed E-state index contributed by atoms with van der Waals surface area (Å²) in [5.74, 6) is -0.188. The van der Waals surface area contributed by atoms with Crippen molar-refractivity contribution in [3.05, 3.63) is 119 Å². The van der Waals surface area contributed by atoms with Gasteiger partial charge < -0.3 is 19.0 Å². The molecule has 3 aromatic heterocycles. The summed E-state index contributed by atoms with van der Waals surface area (Å²) in [6.45, 7) is 3.74. The van der Waals surface area contributed by atoms with Crippen LogP contribution < -0.4 is 14.4 Å². The number of aliphatic hydroxyl groups is 1. The Morgan fingerprint density at radius 3 is 2.45 bits per heavy atom. The molecular weight excluding hydrogens is 576 g/mol. The maximum absolute atomic E-state index is 13.9.